The molecule has 0 fully saturated rings. The number of thioether (sulfide) groups is 1. The lowest BCUT2D eigenvalue weighted by molar-refractivity contribution is -0.137. The molecule has 0 saturated heterocycles. The van der Waals surface area contributed by atoms with Crippen LogP contribution in [0.5, 0.6) is 0 Å². The molecule has 4 aromatic carbocycles. The molecule has 3 N–H and O–H groups in total. The molecule has 1 atom stereocenters. The molecule has 0 aliphatic rings. The van der Waals surface area contributed by atoms with E-state index in [0.29, 0.717) is 27.3 Å². The predicted molar refractivity (Wildman–Crippen MR) is 176 cm³/mol. The van der Waals surface area contributed by atoms with Crippen LogP contribution >= 0.6 is 11.8 Å². The van der Waals surface area contributed by atoms with Gasteiger partial charge in [-0.2, -0.15) is 13.2 Å². The van der Waals surface area contributed by atoms with Crippen molar-refractivity contribution in [1.82, 2.24) is 10.3 Å². The van der Waals surface area contributed by atoms with Crippen LogP contribution in [0.3, 0.4) is 0 Å². The average Bonchev–Trinajstić information content (AvgIpc) is 3.08. The summed E-state index contributed by atoms with van der Waals surface area (Å²) in [6.07, 6.45) is 0.0840. The number of anilines is 2. The van der Waals surface area contributed by atoms with Crippen molar-refractivity contribution in [3.05, 3.63) is 162 Å². The second-order valence-corrected chi connectivity index (χ2v) is 11.3. The van der Waals surface area contributed by atoms with E-state index in [-0.39, 0.29) is 11.4 Å². The van der Waals surface area contributed by atoms with Crippen molar-refractivity contribution in [2.24, 2.45) is 0 Å². The number of amides is 3. The minimum absolute atomic E-state index is 0.0119. The van der Waals surface area contributed by atoms with Gasteiger partial charge in [-0.1, -0.05) is 66.7 Å². The van der Waals surface area contributed by atoms with Crippen LogP contribution in [0.25, 0.3) is 6.08 Å². The van der Waals surface area contributed by atoms with Crippen LogP contribution in [0.4, 0.5) is 24.5 Å². The summed E-state index contributed by atoms with van der Waals surface area (Å²) < 4.78 is 39.8. The molecule has 0 spiro atoms. The second kappa shape index (κ2) is 15.1. The number of nitrogens with one attached hydrogen (secondary N) is 3. The van der Waals surface area contributed by atoms with Crippen LogP contribution < -0.4 is 16.0 Å². The third-order valence-corrected chi connectivity index (χ3v) is 7.92. The van der Waals surface area contributed by atoms with E-state index in [4.69, 9.17) is 0 Å². The fourth-order valence-electron chi connectivity index (χ4n) is 4.43. The predicted octanol–water partition coefficient (Wildman–Crippen LogP) is 7.98. The van der Waals surface area contributed by atoms with E-state index in [9.17, 15) is 27.6 Å². The van der Waals surface area contributed by atoms with Crippen LogP contribution in [0.1, 0.15) is 32.3 Å². The number of carbonyl (C=O) groups excluding carboxylic acids is 3. The second-order valence-electron chi connectivity index (χ2n) is 10.1. The van der Waals surface area contributed by atoms with Gasteiger partial charge < -0.3 is 16.0 Å². The first-order valence-electron chi connectivity index (χ1n) is 14.2. The Hall–Kier alpha value is -5.68. The summed E-state index contributed by atoms with van der Waals surface area (Å²) in [7, 11) is 0. The molecular formula is C36H27F3N4O3S. The summed E-state index contributed by atoms with van der Waals surface area (Å²) >= 11 is 1.16. The lowest BCUT2D eigenvalue weighted by atomic mass is 10.1. The van der Waals surface area contributed by atoms with Crippen molar-refractivity contribution in [1.29, 1.82) is 0 Å². The Kier molecular flexibility index (Phi) is 10.5. The third-order valence-electron chi connectivity index (χ3n) is 6.67. The topological polar surface area (TPSA) is 100 Å². The SMILES string of the molecule is O=C(Nc1cccc(SC(C(=O)Nc2cccc(C(F)(F)F)c2)c2ccccc2)c1)/C(=C/c1cccnc1)NC(=O)c1ccccc1. The lowest BCUT2D eigenvalue weighted by Crippen LogP contribution is -2.30. The standard InChI is InChI=1S/C36H27F3N4O3S/c37-36(38,39)27-15-7-16-28(21-27)42-35(46)32(25-11-3-1-4-12-25)47-30-18-8-17-29(22-30)41-34(45)31(20-24-10-9-19-40-23-24)43-33(44)26-13-5-2-6-14-26/h1-23,32H,(H,41,45)(H,42,46)(H,43,44)/b31-20-. The Bertz CT molecular complexity index is 1890. The Balaban J connectivity index is 1.36. The minimum Gasteiger partial charge on any atom is -0.325 e. The molecule has 7 nitrogen and oxygen atoms in total. The van der Waals surface area contributed by atoms with E-state index in [1.165, 1.54) is 18.2 Å². The molecule has 0 saturated carbocycles. The zero-order valence-electron chi connectivity index (χ0n) is 24.6. The normalized spacial score (nSPS) is 12.1. The van der Waals surface area contributed by atoms with E-state index in [1.807, 2.05) is 0 Å². The van der Waals surface area contributed by atoms with E-state index in [1.54, 1.807) is 109 Å². The first kappa shape index (κ1) is 32.7. The Labute approximate surface area is 272 Å². The summed E-state index contributed by atoms with van der Waals surface area (Å²) in [4.78, 5) is 44.6. The van der Waals surface area contributed by atoms with Crippen LogP contribution in [0.2, 0.25) is 0 Å². The molecule has 1 unspecified atom stereocenters. The van der Waals surface area contributed by atoms with Gasteiger partial charge in [0.2, 0.25) is 5.91 Å². The fraction of sp³-hybridized carbons (Fsp3) is 0.0556. The number of hydrogen-bond donors (Lipinski definition) is 3. The highest BCUT2D eigenvalue weighted by Crippen LogP contribution is 2.38. The number of pyridine rings is 1. The quantitative estimate of drug-likeness (QED) is 0.105. The molecule has 0 aliphatic carbocycles. The Morgan fingerprint density at radius 2 is 1.43 bits per heavy atom. The van der Waals surface area contributed by atoms with Gasteiger partial charge in [-0.05, 0) is 71.8 Å². The van der Waals surface area contributed by atoms with E-state index in [0.717, 1.165) is 23.9 Å². The van der Waals surface area contributed by atoms with Crippen LogP contribution in [-0.2, 0) is 15.8 Å². The zero-order chi connectivity index (χ0) is 33.2. The maximum absolute atomic E-state index is 13.5. The van der Waals surface area contributed by atoms with Crippen LogP contribution in [0.15, 0.2) is 144 Å². The number of hydrogen-bond acceptors (Lipinski definition) is 5. The van der Waals surface area contributed by atoms with E-state index >= 15 is 0 Å². The van der Waals surface area contributed by atoms with Crippen molar-refractivity contribution in [2.75, 3.05) is 10.6 Å². The molecule has 1 heterocycles. The maximum Gasteiger partial charge on any atom is 0.416 e. The number of benzene rings is 4. The van der Waals surface area contributed by atoms with Crippen LogP contribution in [-0.4, -0.2) is 22.7 Å². The number of halogens is 3. The van der Waals surface area contributed by atoms with E-state index < -0.39 is 34.7 Å². The molecule has 1 aromatic heterocycles. The summed E-state index contributed by atoms with van der Waals surface area (Å²) in [6.45, 7) is 0. The van der Waals surface area contributed by atoms with Gasteiger partial charge in [0.05, 0.1) is 5.56 Å². The number of nitrogens with zero attached hydrogens (tertiary/aromatic N) is 1. The number of aromatic nitrogens is 1. The molecule has 11 heteroatoms. The Morgan fingerprint density at radius 3 is 2.11 bits per heavy atom. The summed E-state index contributed by atoms with van der Waals surface area (Å²) in [6, 6.07) is 31.9. The number of carbonyl (C=O) groups is 3. The van der Waals surface area contributed by atoms with Crippen molar-refractivity contribution >= 4 is 46.9 Å². The van der Waals surface area contributed by atoms with Gasteiger partial charge in [0.1, 0.15) is 10.9 Å². The van der Waals surface area contributed by atoms with Crippen molar-refractivity contribution in [3.8, 4) is 0 Å². The average molecular weight is 653 g/mol. The van der Waals surface area contributed by atoms with Gasteiger partial charge >= 0.3 is 6.18 Å². The molecule has 236 valence electrons. The van der Waals surface area contributed by atoms with Gasteiger partial charge in [-0.15, -0.1) is 11.8 Å². The maximum atomic E-state index is 13.5. The van der Waals surface area contributed by atoms with Crippen molar-refractivity contribution in [3.63, 3.8) is 0 Å². The third kappa shape index (κ3) is 9.18. The molecule has 0 radical (unpaired) electrons. The zero-order valence-corrected chi connectivity index (χ0v) is 25.4. The first-order chi connectivity index (χ1) is 22.7. The molecule has 0 aliphatic heterocycles. The molecule has 0 bridgehead atoms. The van der Waals surface area contributed by atoms with Gasteiger partial charge in [0.25, 0.3) is 11.8 Å². The van der Waals surface area contributed by atoms with Gasteiger partial charge in [0.15, 0.2) is 0 Å². The van der Waals surface area contributed by atoms with Gasteiger partial charge in [-0.25, -0.2) is 0 Å². The van der Waals surface area contributed by atoms with E-state index in [2.05, 4.69) is 20.9 Å². The highest BCUT2D eigenvalue weighted by molar-refractivity contribution is 8.00. The highest BCUT2D eigenvalue weighted by atomic mass is 32.2. The molecule has 5 aromatic rings. The Morgan fingerprint density at radius 1 is 0.745 bits per heavy atom. The molecule has 5 rings (SSSR count). The highest BCUT2D eigenvalue weighted by Gasteiger charge is 2.31. The smallest absolute Gasteiger partial charge is 0.325 e. The number of alkyl halides is 3. The van der Waals surface area contributed by atoms with Crippen molar-refractivity contribution in [2.45, 2.75) is 16.3 Å². The molecule has 3 amide bonds. The summed E-state index contributed by atoms with van der Waals surface area (Å²) in [5.74, 6) is -1.60. The minimum atomic E-state index is -4.56. The monoisotopic (exact) mass is 652 g/mol. The van der Waals surface area contributed by atoms with Crippen LogP contribution in [0, 0.1) is 0 Å². The van der Waals surface area contributed by atoms with Gasteiger partial charge in [-0.3, -0.25) is 19.4 Å². The fourth-order valence-corrected chi connectivity index (χ4v) is 5.52. The number of rotatable bonds is 10. The van der Waals surface area contributed by atoms with Gasteiger partial charge in [0, 0.05) is 34.2 Å². The molecule has 47 heavy (non-hydrogen) atoms. The van der Waals surface area contributed by atoms with Crippen molar-refractivity contribution < 1.29 is 27.6 Å². The first-order valence-corrected chi connectivity index (χ1v) is 15.1. The largest absolute Gasteiger partial charge is 0.416 e. The molecular weight excluding hydrogens is 625 g/mol. The lowest BCUT2D eigenvalue weighted by Gasteiger charge is -2.18. The summed E-state index contributed by atoms with van der Waals surface area (Å²) in [5, 5.41) is 7.24. The summed E-state index contributed by atoms with van der Waals surface area (Å²) in [5.41, 5.74) is 1.08.